The van der Waals surface area contributed by atoms with E-state index in [1.165, 1.54) is 0 Å². The number of carbonyl (C=O) groups excluding carboxylic acids is 1. The number of likely N-dealkylation sites (N-methyl/N-ethyl adjacent to an activating group) is 1. The van der Waals surface area contributed by atoms with Crippen LogP contribution in [-0.2, 0) is 4.79 Å². The molecule has 15 heavy (non-hydrogen) atoms. The second kappa shape index (κ2) is 16.0. The quantitative estimate of drug-likeness (QED) is 0.474. The molecular weight excluding hydrogens is 198 g/mol. The van der Waals surface area contributed by atoms with Gasteiger partial charge in [0.1, 0.15) is 6.29 Å². The molecule has 0 heterocycles. The van der Waals surface area contributed by atoms with Crippen molar-refractivity contribution in [3.05, 3.63) is 0 Å². The average Bonchev–Trinajstić information content (AvgIpc) is 2.35. The highest BCUT2D eigenvalue weighted by atomic mass is 16.3. The number of aliphatic hydroxyl groups excluding tert-OH is 3. The van der Waals surface area contributed by atoms with Crippen molar-refractivity contribution in [3.8, 4) is 0 Å². The maximum Gasteiger partial charge on any atom is 0.119 e. The summed E-state index contributed by atoms with van der Waals surface area (Å²) in [7, 11) is 1.57. The van der Waals surface area contributed by atoms with Crippen LogP contribution in [0.1, 0.15) is 27.2 Å². The molecule has 0 fully saturated rings. The zero-order chi connectivity index (χ0) is 12.7. The monoisotopic (exact) mass is 223 g/mol. The van der Waals surface area contributed by atoms with Crippen LogP contribution in [0.5, 0.6) is 0 Å². The molecule has 5 heteroatoms. The van der Waals surface area contributed by atoms with Crippen molar-refractivity contribution >= 4 is 6.29 Å². The number of rotatable bonds is 5. The summed E-state index contributed by atoms with van der Waals surface area (Å²) >= 11 is 0. The molecule has 0 atom stereocenters. The van der Waals surface area contributed by atoms with E-state index in [0.717, 1.165) is 6.29 Å². The predicted molar refractivity (Wildman–Crippen MR) is 60.8 cm³/mol. The summed E-state index contributed by atoms with van der Waals surface area (Å²) in [5.41, 5.74) is -0.917. The number of nitrogens with one attached hydrogen (secondary N) is 1. The zero-order valence-electron chi connectivity index (χ0n) is 10.2. The first-order chi connectivity index (χ1) is 7.16. The van der Waals surface area contributed by atoms with Crippen LogP contribution < -0.4 is 5.32 Å². The van der Waals surface area contributed by atoms with Crippen molar-refractivity contribution in [1.82, 2.24) is 5.32 Å². The molecule has 0 aliphatic heterocycles. The zero-order valence-corrected chi connectivity index (χ0v) is 10.2. The van der Waals surface area contributed by atoms with Gasteiger partial charge < -0.3 is 25.4 Å². The van der Waals surface area contributed by atoms with E-state index in [1.807, 2.05) is 20.8 Å². The molecule has 0 aliphatic rings. The molecular formula is C10H25NO4. The normalized spacial score (nSPS) is 9.27. The van der Waals surface area contributed by atoms with Crippen molar-refractivity contribution in [3.63, 3.8) is 0 Å². The number of aliphatic hydroxyl groups is 3. The molecule has 0 unspecified atom stereocenters. The van der Waals surface area contributed by atoms with Gasteiger partial charge in [0.25, 0.3) is 0 Å². The maximum absolute atomic E-state index is 9.17. The SMILES string of the molecule is CC.CCC=O.CNC(CO)(CO)CO. The lowest BCUT2D eigenvalue weighted by molar-refractivity contribution is -0.107. The Hall–Kier alpha value is -0.490. The number of hydrogen-bond acceptors (Lipinski definition) is 5. The van der Waals surface area contributed by atoms with Crippen LogP contribution in [0.2, 0.25) is 0 Å². The molecule has 5 nitrogen and oxygen atoms in total. The number of aldehydes is 1. The Kier molecular flexibility index (Phi) is 21.3. The minimum Gasteiger partial charge on any atom is -0.394 e. The third-order valence-electron chi connectivity index (χ3n) is 1.60. The highest BCUT2D eigenvalue weighted by Gasteiger charge is 2.24. The fraction of sp³-hybridized carbons (Fsp3) is 0.900. The summed E-state index contributed by atoms with van der Waals surface area (Å²) in [6, 6.07) is 0. The van der Waals surface area contributed by atoms with Gasteiger partial charge in [0.2, 0.25) is 0 Å². The molecule has 94 valence electrons. The molecule has 0 aliphatic carbocycles. The highest BCUT2D eigenvalue weighted by Crippen LogP contribution is 1.98. The molecule has 0 aromatic heterocycles. The molecule has 0 rings (SSSR count). The summed E-state index contributed by atoms with van der Waals surface area (Å²) in [5, 5.41) is 28.4. The Morgan fingerprint density at radius 2 is 1.40 bits per heavy atom. The van der Waals surface area contributed by atoms with E-state index in [-0.39, 0.29) is 19.8 Å². The highest BCUT2D eigenvalue weighted by molar-refractivity contribution is 5.48. The van der Waals surface area contributed by atoms with E-state index in [1.54, 1.807) is 7.05 Å². The van der Waals surface area contributed by atoms with Crippen LogP contribution in [-0.4, -0.2) is 54.0 Å². The van der Waals surface area contributed by atoms with Crippen LogP contribution in [0.25, 0.3) is 0 Å². The van der Waals surface area contributed by atoms with Crippen LogP contribution in [0, 0.1) is 0 Å². The largest absolute Gasteiger partial charge is 0.394 e. The second-order valence-corrected chi connectivity index (χ2v) is 2.58. The fourth-order valence-corrected chi connectivity index (χ4v) is 0.387. The summed E-state index contributed by atoms with van der Waals surface area (Å²) in [5.74, 6) is 0. The molecule has 0 amide bonds. The summed E-state index contributed by atoms with van der Waals surface area (Å²) < 4.78 is 0. The van der Waals surface area contributed by atoms with Crippen molar-refractivity contribution in [1.29, 1.82) is 0 Å². The van der Waals surface area contributed by atoms with Crippen LogP contribution in [0.3, 0.4) is 0 Å². The van der Waals surface area contributed by atoms with Gasteiger partial charge >= 0.3 is 0 Å². The summed E-state index contributed by atoms with van der Waals surface area (Å²) in [6.45, 7) is 5.01. The van der Waals surface area contributed by atoms with Crippen LogP contribution in [0.4, 0.5) is 0 Å². The van der Waals surface area contributed by atoms with Gasteiger partial charge in [-0.05, 0) is 7.05 Å². The molecule has 0 radical (unpaired) electrons. The van der Waals surface area contributed by atoms with Gasteiger partial charge in [0, 0.05) is 6.42 Å². The third kappa shape index (κ3) is 11.4. The molecule has 0 aromatic carbocycles. The minimum absolute atomic E-state index is 0.267. The molecule has 0 saturated heterocycles. The van der Waals surface area contributed by atoms with Gasteiger partial charge in [0.05, 0.1) is 25.4 Å². The molecule has 0 bridgehead atoms. The number of carbonyl (C=O) groups is 1. The van der Waals surface area contributed by atoms with Gasteiger partial charge in [-0.1, -0.05) is 20.8 Å². The lowest BCUT2D eigenvalue weighted by Gasteiger charge is -2.26. The topological polar surface area (TPSA) is 89.8 Å². The standard InChI is InChI=1S/C5H13NO3.C3H6O.C2H6/c1-6-5(2-7,3-8)4-9;1-2-3-4;1-2/h6-9H,2-4H2,1H3;3H,2H2,1H3;1-2H3. The van der Waals surface area contributed by atoms with Gasteiger partial charge in [-0.2, -0.15) is 0 Å². The Morgan fingerprint density at radius 3 is 1.40 bits per heavy atom. The number of hydrogen-bond donors (Lipinski definition) is 4. The summed E-state index contributed by atoms with van der Waals surface area (Å²) in [6.07, 6.45) is 1.51. The Labute approximate surface area is 92.1 Å². The van der Waals surface area contributed by atoms with Gasteiger partial charge in [-0.3, -0.25) is 0 Å². The van der Waals surface area contributed by atoms with E-state index >= 15 is 0 Å². The maximum atomic E-state index is 9.17. The van der Waals surface area contributed by atoms with Crippen molar-refractivity contribution < 1.29 is 20.1 Å². The lowest BCUT2D eigenvalue weighted by Crippen LogP contribution is -2.52. The fourth-order valence-electron chi connectivity index (χ4n) is 0.387. The van der Waals surface area contributed by atoms with E-state index in [9.17, 15) is 4.79 Å². The second-order valence-electron chi connectivity index (χ2n) is 2.58. The van der Waals surface area contributed by atoms with Crippen LogP contribution in [0.15, 0.2) is 0 Å². The minimum atomic E-state index is -0.917. The van der Waals surface area contributed by atoms with E-state index < -0.39 is 5.54 Å². The van der Waals surface area contributed by atoms with Crippen molar-refractivity contribution in [2.24, 2.45) is 0 Å². The van der Waals surface area contributed by atoms with E-state index in [4.69, 9.17) is 15.3 Å². The Bertz CT molecular complexity index is 98.5. The third-order valence-corrected chi connectivity index (χ3v) is 1.60. The van der Waals surface area contributed by atoms with Crippen molar-refractivity contribution in [2.75, 3.05) is 26.9 Å². The first-order valence-electron chi connectivity index (χ1n) is 5.11. The van der Waals surface area contributed by atoms with Gasteiger partial charge in [-0.15, -0.1) is 0 Å². The van der Waals surface area contributed by atoms with Crippen molar-refractivity contribution in [2.45, 2.75) is 32.7 Å². The Balaban J connectivity index is -0.000000202. The summed E-state index contributed by atoms with van der Waals surface area (Å²) in [4.78, 5) is 9.17. The van der Waals surface area contributed by atoms with E-state index in [2.05, 4.69) is 5.32 Å². The molecule has 4 N–H and O–H groups in total. The molecule has 0 saturated carbocycles. The van der Waals surface area contributed by atoms with Crippen LogP contribution >= 0.6 is 0 Å². The Morgan fingerprint density at radius 1 is 1.13 bits per heavy atom. The predicted octanol–water partition coefficient (Wildman–Crippen LogP) is -0.457. The van der Waals surface area contributed by atoms with Gasteiger partial charge in [-0.25, -0.2) is 0 Å². The first kappa shape index (κ1) is 20.0. The van der Waals surface area contributed by atoms with Gasteiger partial charge in [0.15, 0.2) is 0 Å². The molecule has 0 aromatic rings. The average molecular weight is 223 g/mol. The smallest absolute Gasteiger partial charge is 0.119 e. The van der Waals surface area contributed by atoms with E-state index in [0.29, 0.717) is 6.42 Å². The molecule has 0 spiro atoms. The first-order valence-corrected chi connectivity index (χ1v) is 5.11. The lowest BCUT2D eigenvalue weighted by atomic mass is 10.1.